The van der Waals surface area contributed by atoms with E-state index in [4.69, 9.17) is 4.74 Å². The van der Waals surface area contributed by atoms with Crippen LogP contribution in [-0.2, 0) is 17.8 Å². The molecule has 0 saturated heterocycles. The van der Waals surface area contributed by atoms with Gasteiger partial charge in [0.05, 0.1) is 12.3 Å². The SMILES string of the molecule is COCc1cc(CCC(C)C)nc(C)n1. The van der Waals surface area contributed by atoms with Crippen LogP contribution in [0.5, 0.6) is 0 Å². The van der Waals surface area contributed by atoms with Crippen molar-refractivity contribution in [2.45, 2.75) is 40.2 Å². The van der Waals surface area contributed by atoms with E-state index < -0.39 is 0 Å². The maximum Gasteiger partial charge on any atom is 0.125 e. The standard InChI is InChI=1S/C12H20N2O/c1-9(2)5-6-11-7-12(8-15-4)14-10(3)13-11/h7,9H,5-6,8H2,1-4H3. The van der Waals surface area contributed by atoms with Crippen LogP contribution in [0.2, 0.25) is 0 Å². The van der Waals surface area contributed by atoms with Gasteiger partial charge >= 0.3 is 0 Å². The monoisotopic (exact) mass is 208 g/mol. The van der Waals surface area contributed by atoms with E-state index in [0.29, 0.717) is 12.5 Å². The maximum absolute atomic E-state index is 5.07. The van der Waals surface area contributed by atoms with Gasteiger partial charge in [-0.25, -0.2) is 9.97 Å². The zero-order valence-corrected chi connectivity index (χ0v) is 10.1. The van der Waals surface area contributed by atoms with Gasteiger partial charge < -0.3 is 4.74 Å². The lowest BCUT2D eigenvalue weighted by Crippen LogP contribution is -2.02. The largest absolute Gasteiger partial charge is 0.378 e. The van der Waals surface area contributed by atoms with E-state index in [2.05, 4.69) is 23.8 Å². The molecule has 0 spiro atoms. The van der Waals surface area contributed by atoms with Crippen molar-refractivity contribution in [3.8, 4) is 0 Å². The first-order valence-electron chi connectivity index (χ1n) is 5.44. The van der Waals surface area contributed by atoms with Crippen molar-refractivity contribution in [3.63, 3.8) is 0 Å². The topological polar surface area (TPSA) is 35.0 Å². The number of nitrogens with zero attached hydrogens (tertiary/aromatic N) is 2. The average molecular weight is 208 g/mol. The first-order valence-corrected chi connectivity index (χ1v) is 5.44. The number of aromatic nitrogens is 2. The number of methoxy groups -OCH3 is 1. The molecular weight excluding hydrogens is 188 g/mol. The predicted octanol–water partition coefficient (Wildman–Crippen LogP) is 2.52. The summed E-state index contributed by atoms with van der Waals surface area (Å²) in [5.41, 5.74) is 2.10. The van der Waals surface area contributed by atoms with Gasteiger partial charge in [-0.3, -0.25) is 0 Å². The van der Waals surface area contributed by atoms with Gasteiger partial charge in [-0.05, 0) is 31.7 Å². The normalized spacial score (nSPS) is 11.0. The van der Waals surface area contributed by atoms with Crippen molar-refractivity contribution in [1.29, 1.82) is 0 Å². The lowest BCUT2D eigenvalue weighted by Gasteiger charge is -2.07. The molecule has 0 bridgehead atoms. The molecule has 15 heavy (non-hydrogen) atoms. The van der Waals surface area contributed by atoms with Crippen molar-refractivity contribution in [3.05, 3.63) is 23.3 Å². The quantitative estimate of drug-likeness (QED) is 0.745. The predicted molar refractivity (Wildman–Crippen MR) is 60.6 cm³/mol. The molecule has 0 unspecified atom stereocenters. The minimum Gasteiger partial charge on any atom is -0.378 e. The summed E-state index contributed by atoms with van der Waals surface area (Å²) in [7, 11) is 1.69. The van der Waals surface area contributed by atoms with Gasteiger partial charge in [-0.1, -0.05) is 13.8 Å². The molecule has 3 nitrogen and oxygen atoms in total. The lowest BCUT2D eigenvalue weighted by atomic mass is 10.1. The molecule has 1 heterocycles. The van der Waals surface area contributed by atoms with Crippen LogP contribution in [0.25, 0.3) is 0 Å². The smallest absolute Gasteiger partial charge is 0.125 e. The number of ether oxygens (including phenoxy) is 1. The molecule has 1 aromatic heterocycles. The molecule has 0 fully saturated rings. The number of hydrogen-bond donors (Lipinski definition) is 0. The van der Waals surface area contributed by atoms with Crippen molar-refractivity contribution < 1.29 is 4.74 Å². The Hall–Kier alpha value is -0.960. The summed E-state index contributed by atoms with van der Waals surface area (Å²) in [6.07, 6.45) is 2.20. The van der Waals surface area contributed by atoms with E-state index in [-0.39, 0.29) is 0 Å². The molecule has 0 amide bonds. The fraction of sp³-hybridized carbons (Fsp3) is 0.667. The molecule has 0 aliphatic heterocycles. The molecule has 0 N–H and O–H groups in total. The van der Waals surface area contributed by atoms with Gasteiger partial charge in [0, 0.05) is 12.8 Å². The summed E-state index contributed by atoms with van der Waals surface area (Å²) in [6, 6.07) is 2.04. The van der Waals surface area contributed by atoms with Crippen LogP contribution in [0.15, 0.2) is 6.07 Å². The molecule has 3 heteroatoms. The van der Waals surface area contributed by atoms with Crippen molar-refractivity contribution in [1.82, 2.24) is 9.97 Å². The highest BCUT2D eigenvalue weighted by Gasteiger charge is 2.03. The van der Waals surface area contributed by atoms with E-state index in [9.17, 15) is 0 Å². The van der Waals surface area contributed by atoms with Crippen LogP contribution in [0.1, 0.15) is 37.5 Å². The molecule has 0 atom stereocenters. The Balaban J connectivity index is 2.70. The van der Waals surface area contributed by atoms with Gasteiger partial charge in [0.1, 0.15) is 5.82 Å². The van der Waals surface area contributed by atoms with Gasteiger partial charge in [-0.2, -0.15) is 0 Å². The first kappa shape index (κ1) is 12.1. The molecule has 0 aromatic carbocycles. The summed E-state index contributed by atoms with van der Waals surface area (Å²) < 4.78 is 5.07. The highest BCUT2D eigenvalue weighted by atomic mass is 16.5. The van der Waals surface area contributed by atoms with Gasteiger partial charge in [0.25, 0.3) is 0 Å². The van der Waals surface area contributed by atoms with E-state index in [1.165, 1.54) is 6.42 Å². The highest BCUT2D eigenvalue weighted by Crippen LogP contribution is 2.09. The van der Waals surface area contributed by atoms with Gasteiger partial charge in [0.15, 0.2) is 0 Å². The fourth-order valence-electron chi connectivity index (χ4n) is 1.48. The molecule has 1 aromatic rings. The van der Waals surface area contributed by atoms with Gasteiger partial charge in [-0.15, -0.1) is 0 Å². The third-order valence-electron chi connectivity index (χ3n) is 2.21. The van der Waals surface area contributed by atoms with Crippen LogP contribution in [0.4, 0.5) is 0 Å². The molecule has 1 rings (SSSR count). The summed E-state index contributed by atoms with van der Waals surface area (Å²) in [5.74, 6) is 1.55. The Morgan fingerprint density at radius 1 is 1.27 bits per heavy atom. The Labute approximate surface area is 91.9 Å². The van der Waals surface area contributed by atoms with Crippen molar-refractivity contribution in [2.75, 3.05) is 7.11 Å². The second-order valence-corrected chi connectivity index (χ2v) is 4.26. The molecule has 0 radical (unpaired) electrons. The molecule has 84 valence electrons. The second kappa shape index (κ2) is 5.81. The third-order valence-corrected chi connectivity index (χ3v) is 2.21. The minimum atomic E-state index is 0.567. The summed E-state index contributed by atoms with van der Waals surface area (Å²) in [5, 5.41) is 0. The van der Waals surface area contributed by atoms with Crippen LogP contribution < -0.4 is 0 Å². The summed E-state index contributed by atoms with van der Waals surface area (Å²) in [6.45, 7) is 6.95. The second-order valence-electron chi connectivity index (χ2n) is 4.26. The molecule has 0 aliphatic carbocycles. The van der Waals surface area contributed by atoms with Gasteiger partial charge in [0.2, 0.25) is 0 Å². The van der Waals surface area contributed by atoms with E-state index in [0.717, 1.165) is 23.6 Å². The number of aryl methyl sites for hydroxylation is 2. The lowest BCUT2D eigenvalue weighted by molar-refractivity contribution is 0.181. The Kier molecular flexibility index (Phi) is 4.69. The van der Waals surface area contributed by atoms with Crippen molar-refractivity contribution >= 4 is 0 Å². The Morgan fingerprint density at radius 2 is 1.93 bits per heavy atom. The zero-order chi connectivity index (χ0) is 11.3. The van der Waals surface area contributed by atoms with Crippen LogP contribution >= 0.6 is 0 Å². The van der Waals surface area contributed by atoms with Crippen LogP contribution in [-0.4, -0.2) is 17.1 Å². The molecule has 0 saturated carbocycles. The minimum absolute atomic E-state index is 0.567. The highest BCUT2D eigenvalue weighted by molar-refractivity contribution is 5.10. The third kappa shape index (κ3) is 4.38. The van der Waals surface area contributed by atoms with E-state index in [1.807, 2.05) is 13.0 Å². The maximum atomic E-state index is 5.07. The summed E-state index contributed by atoms with van der Waals surface area (Å²) >= 11 is 0. The van der Waals surface area contributed by atoms with Crippen LogP contribution in [0, 0.1) is 12.8 Å². The number of hydrogen-bond acceptors (Lipinski definition) is 3. The average Bonchev–Trinajstić information content (AvgIpc) is 2.14. The number of rotatable bonds is 5. The van der Waals surface area contributed by atoms with Crippen LogP contribution in [0.3, 0.4) is 0 Å². The Morgan fingerprint density at radius 3 is 2.53 bits per heavy atom. The van der Waals surface area contributed by atoms with E-state index in [1.54, 1.807) is 7.11 Å². The van der Waals surface area contributed by atoms with Crippen molar-refractivity contribution in [2.24, 2.45) is 5.92 Å². The molecule has 0 aliphatic rings. The first-order chi connectivity index (χ1) is 7.11. The zero-order valence-electron chi connectivity index (χ0n) is 10.1. The molecular formula is C12H20N2O. The Bertz CT molecular complexity index is 310. The fourth-order valence-corrected chi connectivity index (χ4v) is 1.48. The van der Waals surface area contributed by atoms with E-state index >= 15 is 0 Å². The summed E-state index contributed by atoms with van der Waals surface area (Å²) in [4.78, 5) is 8.74.